The van der Waals surface area contributed by atoms with E-state index in [1.54, 1.807) is 0 Å². The van der Waals surface area contributed by atoms with Gasteiger partial charge in [0.1, 0.15) is 0 Å². The molecule has 1 heterocycles. The van der Waals surface area contributed by atoms with E-state index in [9.17, 15) is 0 Å². The van der Waals surface area contributed by atoms with E-state index in [-0.39, 0.29) is 0 Å². The number of hydrogen-bond donors (Lipinski definition) is 0. The van der Waals surface area contributed by atoms with Crippen LogP contribution in [0, 0.1) is 0 Å². The van der Waals surface area contributed by atoms with Crippen LogP contribution in [0.2, 0.25) is 0 Å². The second-order valence-electron chi connectivity index (χ2n) is 4.40. The Balaban J connectivity index is 1.99. The monoisotopic (exact) mass is 301 g/mol. The average Bonchev–Trinajstić information content (AvgIpc) is 2.33. The van der Waals surface area contributed by atoms with Gasteiger partial charge < -0.3 is 0 Å². The van der Waals surface area contributed by atoms with Crippen molar-refractivity contribution in [1.82, 2.24) is 4.90 Å². The first kappa shape index (κ1) is 12.4. The summed E-state index contributed by atoms with van der Waals surface area (Å²) in [5.74, 6) is 0.760. The molecule has 0 spiro atoms. The summed E-state index contributed by atoms with van der Waals surface area (Å²) in [7, 11) is 0. The highest BCUT2D eigenvalue weighted by Gasteiger charge is 2.21. The predicted octanol–water partition coefficient (Wildman–Crippen LogP) is 4.04. The number of nitrogens with zero attached hydrogens (tertiary/aromatic N) is 1. The summed E-state index contributed by atoms with van der Waals surface area (Å²) in [6, 6.07) is 9.15. The Bertz CT molecular complexity index is 325. The van der Waals surface area contributed by atoms with Crippen LogP contribution in [0.4, 0.5) is 0 Å². The van der Waals surface area contributed by atoms with Crippen LogP contribution in [0.15, 0.2) is 28.7 Å². The molecule has 0 bridgehead atoms. The number of likely N-dealkylation sites (tertiary alicyclic amines) is 1. The molecule has 0 saturated carbocycles. The molecule has 1 aliphatic heterocycles. The maximum absolute atomic E-state index is 6.02. The normalized spacial score (nSPS) is 22.2. The molecule has 1 aromatic rings. The lowest BCUT2D eigenvalue weighted by Crippen LogP contribution is -2.40. The van der Waals surface area contributed by atoms with E-state index in [0.29, 0.717) is 6.04 Å². The maximum atomic E-state index is 6.02. The van der Waals surface area contributed by atoms with Crippen molar-refractivity contribution >= 4 is 27.5 Å². The smallest absolute Gasteiger partial charge is 0.0379 e. The Hall–Kier alpha value is -0.0500. The van der Waals surface area contributed by atoms with Gasteiger partial charge in [0.2, 0.25) is 0 Å². The highest BCUT2D eigenvalue weighted by atomic mass is 79.9. The van der Waals surface area contributed by atoms with Crippen LogP contribution < -0.4 is 0 Å². The lowest BCUT2D eigenvalue weighted by molar-refractivity contribution is 0.155. The lowest BCUT2D eigenvalue weighted by atomic mass is 10.0. The third-order valence-corrected chi connectivity index (χ3v) is 4.11. The van der Waals surface area contributed by atoms with Crippen LogP contribution in [0.1, 0.15) is 24.8 Å². The molecule has 0 N–H and O–H groups in total. The fourth-order valence-corrected chi connectivity index (χ4v) is 2.88. The van der Waals surface area contributed by atoms with Crippen LogP contribution in [-0.4, -0.2) is 23.4 Å². The van der Waals surface area contributed by atoms with E-state index in [4.69, 9.17) is 11.6 Å². The fourth-order valence-electron chi connectivity index (χ4n) is 2.27. The standard InChI is InChI=1S/C13H17BrClN/c14-12-6-4-11(5-7-12)10-16-8-2-1-3-13(16)9-15/h4-7,13H,1-3,8-10H2. The Morgan fingerprint density at radius 2 is 2.00 bits per heavy atom. The summed E-state index contributed by atoms with van der Waals surface area (Å²) in [6.45, 7) is 2.22. The van der Waals surface area contributed by atoms with Crippen LogP contribution in [-0.2, 0) is 6.54 Å². The van der Waals surface area contributed by atoms with Crippen LogP contribution in [0.3, 0.4) is 0 Å². The predicted molar refractivity (Wildman–Crippen MR) is 72.9 cm³/mol. The lowest BCUT2D eigenvalue weighted by Gasteiger charge is -2.34. The van der Waals surface area contributed by atoms with Crippen LogP contribution in [0.5, 0.6) is 0 Å². The average molecular weight is 303 g/mol. The van der Waals surface area contributed by atoms with Crippen molar-refractivity contribution in [3.8, 4) is 0 Å². The van der Waals surface area contributed by atoms with Gasteiger partial charge in [-0.25, -0.2) is 0 Å². The first-order valence-corrected chi connectivity index (χ1v) is 7.17. The molecule has 1 fully saturated rings. The van der Waals surface area contributed by atoms with Crippen molar-refractivity contribution in [3.63, 3.8) is 0 Å². The van der Waals surface area contributed by atoms with E-state index < -0.39 is 0 Å². The molecule has 1 aromatic carbocycles. The van der Waals surface area contributed by atoms with Gasteiger partial charge in [-0.2, -0.15) is 0 Å². The van der Waals surface area contributed by atoms with E-state index in [1.807, 2.05) is 0 Å². The number of hydrogen-bond acceptors (Lipinski definition) is 1. The second kappa shape index (κ2) is 6.04. The molecule has 0 radical (unpaired) electrons. The van der Waals surface area contributed by atoms with Gasteiger partial charge in [-0.1, -0.05) is 34.5 Å². The molecule has 1 unspecified atom stereocenters. The Morgan fingerprint density at radius 3 is 2.69 bits per heavy atom. The quantitative estimate of drug-likeness (QED) is 0.762. The van der Waals surface area contributed by atoms with Gasteiger partial charge in [-0.05, 0) is 37.1 Å². The van der Waals surface area contributed by atoms with Gasteiger partial charge in [0.15, 0.2) is 0 Å². The van der Waals surface area contributed by atoms with Gasteiger partial charge in [0, 0.05) is 22.9 Å². The number of rotatable bonds is 3. The first-order chi connectivity index (χ1) is 7.79. The molecule has 2 rings (SSSR count). The molecule has 1 saturated heterocycles. The van der Waals surface area contributed by atoms with Gasteiger partial charge >= 0.3 is 0 Å². The molecule has 3 heteroatoms. The minimum absolute atomic E-state index is 0.569. The minimum Gasteiger partial charge on any atom is -0.295 e. The van der Waals surface area contributed by atoms with Crippen LogP contribution >= 0.6 is 27.5 Å². The zero-order valence-electron chi connectivity index (χ0n) is 9.33. The highest BCUT2D eigenvalue weighted by molar-refractivity contribution is 9.10. The van der Waals surface area contributed by atoms with Crippen molar-refractivity contribution in [2.24, 2.45) is 0 Å². The Morgan fingerprint density at radius 1 is 1.25 bits per heavy atom. The summed E-state index contributed by atoms with van der Waals surface area (Å²) < 4.78 is 1.14. The van der Waals surface area contributed by atoms with Gasteiger partial charge in [-0.3, -0.25) is 4.90 Å². The Labute approximate surface area is 111 Å². The molecule has 1 aliphatic rings. The van der Waals surface area contributed by atoms with E-state index in [0.717, 1.165) is 16.9 Å². The van der Waals surface area contributed by atoms with Crippen molar-refractivity contribution in [2.45, 2.75) is 31.8 Å². The minimum atomic E-state index is 0.569. The van der Waals surface area contributed by atoms with Crippen molar-refractivity contribution in [3.05, 3.63) is 34.3 Å². The molecular weight excluding hydrogens is 286 g/mol. The molecule has 1 atom stereocenters. The van der Waals surface area contributed by atoms with E-state index in [2.05, 4.69) is 45.1 Å². The largest absolute Gasteiger partial charge is 0.295 e. The van der Waals surface area contributed by atoms with Gasteiger partial charge in [0.25, 0.3) is 0 Å². The molecule has 0 aliphatic carbocycles. The third-order valence-electron chi connectivity index (χ3n) is 3.23. The second-order valence-corrected chi connectivity index (χ2v) is 5.63. The number of halogens is 2. The molecule has 0 aromatic heterocycles. The molecule has 16 heavy (non-hydrogen) atoms. The van der Waals surface area contributed by atoms with Crippen molar-refractivity contribution in [2.75, 3.05) is 12.4 Å². The summed E-state index contributed by atoms with van der Waals surface area (Å²) in [6.07, 6.45) is 3.89. The molecule has 0 amide bonds. The summed E-state index contributed by atoms with van der Waals surface area (Å²) >= 11 is 9.48. The molecule has 1 nitrogen and oxygen atoms in total. The van der Waals surface area contributed by atoms with E-state index >= 15 is 0 Å². The number of benzene rings is 1. The van der Waals surface area contributed by atoms with Crippen LogP contribution in [0.25, 0.3) is 0 Å². The summed E-state index contributed by atoms with van der Waals surface area (Å²) in [4.78, 5) is 2.51. The zero-order chi connectivity index (χ0) is 11.4. The van der Waals surface area contributed by atoms with Gasteiger partial charge in [-0.15, -0.1) is 11.6 Å². The number of piperidine rings is 1. The van der Waals surface area contributed by atoms with Crippen molar-refractivity contribution in [1.29, 1.82) is 0 Å². The highest BCUT2D eigenvalue weighted by Crippen LogP contribution is 2.21. The topological polar surface area (TPSA) is 3.24 Å². The summed E-state index contributed by atoms with van der Waals surface area (Å²) in [5, 5.41) is 0. The number of alkyl halides is 1. The SMILES string of the molecule is ClCC1CCCCN1Cc1ccc(Br)cc1. The first-order valence-electron chi connectivity index (χ1n) is 5.84. The molecule has 88 valence electrons. The fraction of sp³-hybridized carbons (Fsp3) is 0.538. The maximum Gasteiger partial charge on any atom is 0.0379 e. The van der Waals surface area contributed by atoms with E-state index in [1.165, 1.54) is 31.4 Å². The zero-order valence-corrected chi connectivity index (χ0v) is 11.7. The Kier molecular flexibility index (Phi) is 4.68. The molecular formula is C13H17BrClN. The summed E-state index contributed by atoms with van der Waals surface area (Å²) in [5.41, 5.74) is 1.38. The van der Waals surface area contributed by atoms with Crippen molar-refractivity contribution < 1.29 is 0 Å². The third kappa shape index (κ3) is 3.22. The van der Waals surface area contributed by atoms with Gasteiger partial charge in [0.05, 0.1) is 0 Å².